The highest BCUT2D eigenvalue weighted by Gasteiger charge is 2.04. The van der Waals surface area contributed by atoms with E-state index in [9.17, 15) is 9.59 Å². The zero-order chi connectivity index (χ0) is 12.7. The second-order valence-corrected chi connectivity index (χ2v) is 3.35. The molecule has 3 N–H and O–H groups in total. The van der Waals surface area contributed by atoms with Crippen molar-refractivity contribution >= 4 is 17.6 Å². The van der Waals surface area contributed by atoms with E-state index in [2.05, 4.69) is 17.2 Å². The van der Waals surface area contributed by atoms with Gasteiger partial charge in [0.05, 0.1) is 12.1 Å². The fourth-order valence-electron chi connectivity index (χ4n) is 1.19. The molecule has 0 fully saturated rings. The number of amides is 1. The Labute approximate surface area is 99.1 Å². The lowest BCUT2D eigenvalue weighted by Crippen LogP contribution is -2.28. The molecular weight excluding hydrogens is 220 g/mol. The second kappa shape index (κ2) is 6.44. The molecule has 0 saturated carbocycles. The Morgan fingerprint density at radius 1 is 1.29 bits per heavy atom. The number of benzene rings is 1. The van der Waals surface area contributed by atoms with Gasteiger partial charge in [0, 0.05) is 12.2 Å². The number of carboxylic acid groups (broad SMARTS) is 1. The summed E-state index contributed by atoms with van der Waals surface area (Å²) >= 11 is 0. The van der Waals surface area contributed by atoms with Crippen LogP contribution in [0.4, 0.5) is 5.69 Å². The van der Waals surface area contributed by atoms with Crippen molar-refractivity contribution in [1.29, 1.82) is 0 Å². The van der Waals surface area contributed by atoms with Gasteiger partial charge >= 0.3 is 5.97 Å². The van der Waals surface area contributed by atoms with Crippen molar-refractivity contribution in [2.24, 2.45) is 0 Å². The number of carbonyl (C=O) groups is 2. The molecule has 0 aliphatic carbocycles. The Morgan fingerprint density at radius 3 is 2.47 bits per heavy atom. The van der Waals surface area contributed by atoms with E-state index < -0.39 is 5.97 Å². The van der Waals surface area contributed by atoms with Crippen molar-refractivity contribution in [2.75, 3.05) is 18.4 Å². The van der Waals surface area contributed by atoms with Crippen LogP contribution in [0.2, 0.25) is 0 Å². The largest absolute Gasteiger partial charge is 0.478 e. The first-order valence-corrected chi connectivity index (χ1v) is 5.08. The van der Waals surface area contributed by atoms with Crippen molar-refractivity contribution < 1.29 is 14.7 Å². The SMILES string of the molecule is C=CCNCC(=O)Nc1ccc(C(=O)O)cc1. The molecule has 5 nitrogen and oxygen atoms in total. The first-order valence-electron chi connectivity index (χ1n) is 5.08. The highest BCUT2D eigenvalue weighted by atomic mass is 16.4. The molecule has 90 valence electrons. The van der Waals surface area contributed by atoms with Gasteiger partial charge in [0.15, 0.2) is 0 Å². The lowest BCUT2D eigenvalue weighted by Gasteiger charge is -2.05. The molecule has 0 radical (unpaired) electrons. The predicted octanol–water partition coefficient (Wildman–Crippen LogP) is 1.10. The van der Waals surface area contributed by atoms with Gasteiger partial charge in [-0.2, -0.15) is 0 Å². The van der Waals surface area contributed by atoms with Crippen LogP contribution in [0, 0.1) is 0 Å². The van der Waals surface area contributed by atoms with E-state index in [0.29, 0.717) is 12.2 Å². The number of rotatable bonds is 6. The lowest BCUT2D eigenvalue weighted by atomic mass is 10.2. The van der Waals surface area contributed by atoms with Gasteiger partial charge in [0.2, 0.25) is 5.91 Å². The summed E-state index contributed by atoms with van der Waals surface area (Å²) in [6.07, 6.45) is 1.66. The van der Waals surface area contributed by atoms with Gasteiger partial charge in [-0.1, -0.05) is 6.08 Å². The van der Waals surface area contributed by atoms with Crippen LogP contribution in [-0.4, -0.2) is 30.1 Å². The average Bonchev–Trinajstić information content (AvgIpc) is 2.30. The minimum absolute atomic E-state index is 0.185. The third kappa shape index (κ3) is 4.48. The highest BCUT2D eigenvalue weighted by molar-refractivity contribution is 5.93. The summed E-state index contributed by atoms with van der Waals surface area (Å²) in [4.78, 5) is 22.0. The molecule has 0 heterocycles. The van der Waals surface area contributed by atoms with Crippen LogP contribution in [-0.2, 0) is 4.79 Å². The van der Waals surface area contributed by atoms with Gasteiger partial charge in [-0.15, -0.1) is 6.58 Å². The first-order chi connectivity index (χ1) is 8.13. The number of anilines is 1. The maximum absolute atomic E-state index is 11.4. The molecular formula is C12H14N2O3. The number of hydrogen-bond donors (Lipinski definition) is 3. The maximum atomic E-state index is 11.4. The zero-order valence-electron chi connectivity index (χ0n) is 9.27. The van der Waals surface area contributed by atoms with Gasteiger partial charge in [0.25, 0.3) is 0 Å². The Balaban J connectivity index is 2.48. The molecule has 17 heavy (non-hydrogen) atoms. The van der Waals surface area contributed by atoms with Crippen molar-refractivity contribution in [1.82, 2.24) is 5.32 Å². The molecule has 0 bridgehead atoms. The van der Waals surface area contributed by atoms with Gasteiger partial charge in [-0.25, -0.2) is 4.79 Å². The molecule has 0 unspecified atom stereocenters. The van der Waals surface area contributed by atoms with Crippen LogP contribution in [0.3, 0.4) is 0 Å². The molecule has 1 aromatic carbocycles. The standard InChI is InChI=1S/C12H14N2O3/c1-2-7-13-8-11(15)14-10-5-3-9(4-6-10)12(16)17/h2-6,13H,1,7-8H2,(H,14,15)(H,16,17). The molecule has 5 heteroatoms. The average molecular weight is 234 g/mol. The van der Waals surface area contributed by atoms with E-state index in [4.69, 9.17) is 5.11 Å². The third-order valence-corrected chi connectivity index (χ3v) is 1.99. The third-order valence-electron chi connectivity index (χ3n) is 1.99. The van der Waals surface area contributed by atoms with Crippen LogP contribution in [0.5, 0.6) is 0 Å². The monoisotopic (exact) mass is 234 g/mol. The van der Waals surface area contributed by atoms with Crippen molar-refractivity contribution in [3.63, 3.8) is 0 Å². The first kappa shape index (κ1) is 12.9. The maximum Gasteiger partial charge on any atom is 0.335 e. The van der Waals surface area contributed by atoms with Gasteiger partial charge < -0.3 is 15.7 Å². The Morgan fingerprint density at radius 2 is 1.94 bits per heavy atom. The molecule has 0 aromatic heterocycles. The summed E-state index contributed by atoms with van der Waals surface area (Å²) < 4.78 is 0. The van der Waals surface area contributed by atoms with Gasteiger partial charge in [-0.3, -0.25) is 4.79 Å². The topological polar surface area (TPSA) is 78.4 Å². The number of nitrogens with one attached hydrogen (secondary N) is 2. The summed E-state index contributed by atoms with van der Waals surface area (Å²) in [5.74, 6) is -1.18. The van der Waals surface area contributed by atoms with E-state index in [0.717, 1.165) is 0 Å². The Kier molecular flexibility index (Phi) is 4.90. The van der Waals surface area contributed by atoms with Crippen LogP contribution in [0.25, 0.3) is 0 Å². The molecule has 0 saturated heterocycles. The molecule has 1 aromatic rings. The zero-order valence-corrected chi connectivity index (χ0v) is 9.27. The summed E-state index contributed by atoms with van der Waals surface area (Å²) in [5.41, 5.74) is 0.758. The smallest absolute Gasteiger partial charge is 0.335 e. The molecule has 0 aliphatic rings. The van der Waals surface area contributed by atoms with E-state index in [-0.39, 0.29) is 18.0 Å². The molecule has 1 amide bonds. The second-order valence-electron chi connectivity index (χ2n) is 3.35. The van der Waals surface area contributed by atoms with Gasteiger partial charge in [-0.05, 0) is 24.3 Å². The fraction of sp³-hybridized carbons (Fsp3) is 0.167. The van der Waals surface area contributed by atoms with Crippen molar-refractivity contribution in [3.05, 3.63) is 42.5 Å². The number of carboxylic acids is 1. The fourth-order valence-corrected chi connectivity index (χ4v) is 1.19. The summed E-state index contributed by atoms with van der Waals surface area (Å²) in [6.45, 7) is 4.27. The summed E-state index contributed by atoms with van der Waals surface area (Å²) in [6, 6.07) is 5.98. The van der Waals surface area contributed by atoms with E-state index in [1.54, 1.807) is 18.2 Å². The number of carbonyl (C=O) groups excluding carboxylic acids is 1. The molecule has 0 atom stereocenters. The summed E-state index contributed by atoms with van der Waals surface area (Å²) in [7, 11) is 0. The normalized spacial score (nSPS) is 9.65. The van der Waals surface area contributed by atoms with Crippen LogP contribution in [0.1, 0.15) is 10.4 Å². The van der Waals surface area contributed by atoms with Gasteiger partial charge in [0.1, 0.15) is 0 Å². The minimum Gasteiger partial charge on any atom is -0.478 e. The summed E-state index contributed by atoms with van der Waals surface area (Å²) in [5, 5.41) is 14.2. The van der Waals surface area contributed by atoms with E-state index >= 15 is 0 Å². The number of aromatic carboxylic acids is 1. The van der Waals surface area contributed by atoms with Crippen LogP contribution >= 0.6 is 0 Å². The van der Waals surface area contributed by atoms with E-state index in [1.165, 1.54) is 12.1 Å². The lowest BCUT2D eigenvalue weighted by molar-refractivity contribution is -0.115. The van der Waals surface area contributed by atoms with Crippen LogP contribution < -0.4 is 10.6 Å². The number of hydrogen-bond acceptors (Lipinski definition) is 3. The molecule has 1 rings (SSSR count). The highest BCUT2D eigenvalue weighted by Crippen LogP contribution is 2.09. The molecule has 0 aliphatic heterocycles. The van der Waals surface area contributed by atoms with E-state index in [1.807, 2.05) is 0 Å². The quantitative estimate of drug-likeness (QED) is 0.508. The van der Waals surface area contributed by atoms with Crippen molar-refractivity contribution in [2.45, 2.75) is 0 Å². The van der Waals surface area contributed by atoms with Crippen molar-refractivity contribution in [3.8, 4) is 0 Å². The predicted molar refractivity (Wildman–Crippen MR) is 65.1 cm³/mol. The molecule has 0 spiro atoms. The minimum atomic E-state index is -0.990. The Hall–Kier alpha value is -2.14. The Bertz CT molecular complexity index is 412. The van der Waals surface area contributed by atoms with Crippen LogP contribution in [0.15, 0.2) is 36.9 Å².